The number of unbranched alkanes of at least 4 members (excludes halogenated alkanes) is 31. The van der Waals surface area contributed by atoms with Crippen molar-refractivity contribution in [2.75, 3.05) is 72.0 Å². The number of Topliss-reactive ketones (excluding diaryl/α,β-unsaturated/α-hetero) is 1. The maximum atomic E-state index is 14.1. The van der Waals surface area contributed by atoms with Gasteiger partial charge in [0.15, 0.2) is 0 Å². The van der Waals surface area contributed by atoms with Crippen LogP contribution in [0.2, 0.25) is 0 Å². The number of rotatable bonds is 51. The standard InChI is InChI=1S/C58H116N4O2/c1-6-10-14-18-22-23-24-25-26-30-33-37-45-59(46-41-35-36-42-56(5)63)50-43-57-44-51-62(54-57)58(64)55-61(49-40-34-29-21-17-13-9-4)53-52-60(47-38-31-27-19-15-11-7-2)48-39-32-28-20-16-12-8-3/h57H,6-55H2,1-5H3. The lowest BCUT2D eigenvalue weighted by molar-refractivity contribution is -0.131. The molecule has 0 saturated carbocycles. The monoisotopic (exact) mass is 901 g/mol. The first-order valence-corrected chi connectivity index (χ1v) is 29.4. The molecule has 0 aromatic heterocycles. The Hall–Kier alpha value is -0.980. The Balaban J connectivity index is 2.71. The summed E-state index contributed by atoms with van der Waals surface area (Å²) in [5, 5.41) is 0. The molecular formula is C58H116N4O2. The van der Waals surface area contributed by atoms with Crippen LogP contribution in [0.5, 0.6) is 0 Å². The Kier molecular flexibility index (Phi) is 44.9. The molecule has 1 heterocycles. The van der Waals surface area contributed by atoms with Gasteiger partial charge >= 0.3 is 0 Å². The van der Waals surface area contributed by atoms with Gasteiger partial charge in [0, 0.05) is 32.6 Å². The molecule has 6 nitrogen and oxygen atoms in total. The quantitative estimate of drug-likeness (QED) is 0.0569. The van der Waals surface area contributed by atoms with Crippen LogP contribution in [0.25, 0.3) is 0 Å². The van der Waals surface area contributed by atoms with Crippen molar-refractivity contribution in [3.63, 3.8) is 0 Å². The van der Waals surface area contributed by atoms with Gasteiger partial charge in [0.1, 0.15) is 5.78 Å². The maximum absolute atomic E-state index is 14.1. The average Bonchev–Trinajstić information content (AvgIpc) is 3.77. The van der Waals surface area contributed by atoms with Gasteiger partial charge in [-0.3, -0.25) is 9.69 Å². The fourth-order valence-electron chi connectivity index (χ4n) is 10.1. The molecule has 0 aromatic carbocycles. The number of nitrogens with zero attached hydrogens (tertiary/aromatic N) is 4. The van der Waals surface area contributed by atoms with Gasteiger partial charge in [-0.05, 0) is 103 Å². The summed E-state index contributed by atoms with van der Waals surface area (Å²) in [4.78, 5) is 35.9. The van der Waals surface area contributed by atoms with Crippen molar-refractivity contribution in [1.82, 2.24) is 19.6 Å². The molecule has 0 aliphatic carbocycles. The summed E-state index contributed by atoms with van der Waals surface area (Å²) in [6, 6.07) is 0. The van der Waals surface area contributed by atoms with Crippen LogP contribution in [0, 0.1) is 5.92 Å². The second kappa shape index (κ2) is 47.1. The van der Waals surface area contributed by atoms with Crippen molar-refractivity contribution in [3.05, 3.63) is 0 Å². The Bertz CT molecular complexity index is 973. The Morgan fingerprint density at radius 1 is 0.391 bits per heavy atom. The number of hydrogen-bond donors (Lipinski definition) is 0. The van der Waals surface area contributed by atoms with E-state index in [0.29, 0.717) is 24.2 Å². The van der Waals surface area contributed by atoms with Crippen molar-refractivity contribution >= 4 is 11.7 Å². The first-order chi connectivity index (χ1) is 31.4. The van der Waals surface area contributed by atoms with E-state index >= 15 is 0 Å². The van der Waals surface area contributed by atoms with E-state index in [1.54, 1.807) is 6.92 Å². The van der Waals surface area contributed by atoms with E-state index in [4.69, 9.17) is 0 Å². The van der Waals surface area contributed by atoms with E-state index in [-0.39, 0.29) is 0 Å². The summed E-state index contributed by atoms with van der Waals surface area (Å²) in [5.41, 5.74) is 0. The number of carbonyl (C=O) groups is 2. The van der Waals surface area contributed by atoms with Crippen LogP contribution in [0.4, 0.5) is 0 Å². The molecule has 1 aliphatic rings. The minimum Gasteiger partial charge on any atom is -0.341 e. The van der Waals surface area contributed by atoms with Gasteiger partial charge < -0.3 is 19.5 Å². The minimum absolute atomic E-state index is 0.328. The van der Waals surface area contributed by atoms with E-state index in [1.165, 1.54) is 251 Å². The molecule has 1 fully saturated rings. The molecule has 1 aliphatic heterocycles. The van der Waals surface area contributed by atoms with E-state index in [2.05, 4.69) is 47.3 Å². The molecule has 1 atom stereocenters. The number of likely N-dealkylation sites (tertiary alicyclic amines) is 1. The predicted octanol–water partition coefficient (Wildman–Crippen LogP) is 16.2. The molecule has 6 heteroatoms. The zero-order chi connectivity index (χ0) is 46.4. The molecule has 0 N–H and O–H groups in total. The van der Waals surface area contributed by atoms with Crippen LogP contribution >= 0.6 is 0 Å². The average molecular weight is 902 g/mol. The SMILES string of the molecule is CCCCCCCCCCCCCCN(CCCCCC(C)=O)CCC1CCN(C(=O)CN(CCCCCCCCC)CCN(CCCCCCCCC)CCCCCCCCC)C1. The third-order valence-electron chi connectivity index (χ3n) is 14.6. The summed E-state index contributed by atoms with van der Waals surface area (Å²) in [6.07, 6.45) is 51.7. The molecule has 0 radical (unpaired) electrons. The van der Waals surface area contributed by atoms with Crippen molar-refractivity contribution in [2.45, 2.75) is 285 Å². The van der Waals surface area contributed by atoms with E-state index in [9.17, 15) is 9.59 Å². The first-order valence-electron chi connectivity index (χ1n) is 29.4. The summed E-state index contributed by atoms with van der Waals surface area (Å²) in [7, 11) is 0. The predicted molar refractivity (Wildman–Crippen MR) is 283 cm³/mol. The van der Waals surface area contributed by atoms with Gasteiger partial charge in [-0.1, -0.05) is 220 Å². The number of amides is 1. The number of carbonyl (C=O) groups excluding carboxylic acids is 2. The molecule has 1 rings (SSSR count). The molecular weight excluding hydrogens is 785 g/mol. The lowest BCUT2D eigenvalue weighted by Gasteiger charge is -2.29. The van der Waals surface area contributed by atoms with Crippen LogP contribution in [0.1, 0.15) is 285 Å². The normalized spacial score (nSPS) is 14.3. The number of ketones is 1. The zero-order valence-corrected chi connectivity index (χ0v) is 44.5. The molecule has 1 saturated heterocycles. The second-order valence-electron chi connectivity index (χ2n) is 21.0. The Labute approximate surface area is 402 Å². The van der Waals surface area contributed by atoms with Crippen LogP contribution < -0.4 is 0 Å². The van der Waals surface area contributed by atoms with Crippen molar-refractivity contribution in [1.29, 1.82) is 0 Å². The van der Waals surface area contributed by atoms with E-state index in [1.807, 2.05) is 0 Å². The summed E-state index contributed by atoms with van der Waals surface area (Å²) in [6.45, 7) is 22.7. The van der Waals surface area contributed by atoms with Crippen LogP contribution in [0.15, 0.2) is 0 Å². The van der Waals surface area contributed by atoms with Gasteiger partial charge in [-0.15, -0.1) is 0 Å². The van der Waals surface area contributed by atoms with Crippen LogP contribution in [-0.2, 0) is 9.59 Å². The summed E-state index contributed by atoms with van der Waals surface area (Å²) < 4.78 is 0. The fraction of sp³-hybridized carbons (Fsp3) is 0.966. The lowest BCUT2D eigenvalue weighted by atomic mass is 10.0. The molecule has 0 spiro atoms. The summed E-state index contributed by atoms with van der Waals surface area (Å²) in [5.74, 6) is 1.34. The van der Waals surface area contributed by atoms with Gasteiger partial charge in [-0.2, -0.15) is 0 Å². The highest BCUT2D eigenvalue weighted by molar-refractivity contribution is 5.78. The molecule has 1 amide bonds. The van der Waals surface area contributed by atoms with Gasteiger partial charge in [0.25, 0.3) is 0 Å². The highest BCUT2D eigenvalue weighted by atomic mass is 16.2. The van der Waals surface area contributed by atoms with Crippen molar-refractivity contribution in [2.24, 2.45) is 5.92 Å². The number of hydrogen-bond acceptors (Lipinski definition) is 5. The zero-order valence-electron chi connectivity index (χ0n) is 44.5. The third kappa shape index (κ3) is 39.1. The molecule has 1 unspecified atom stereocenters. The van der Waals surface area contributed by atoms with E-state index in [0.717, 1.165) is 65.1 Å². The van der Waals surface area contributed by atoms with Gasteiger partial charge in [0.05, 0.1) is 6.54 Å². The minimum atomic E-state index is 0.328. The first kappa shape index (κ1) is 61.0. The van der Waals surface area contributed by atoms with E-state index < -0.39 is 0 Å². The van der Waals surface area contributed by atoms with Crippen molar-refractivity contribution < 1.29 is 9.59 Å². The largest absolute Gasteiger partial charge is 0.341 e. The molecule has 64 heavy (non-hydrogen) atoms. The fourth-order valence-corrected chi connectivity index (χ4v) is 10.1. The van der Waals surface area contributed by atoms with Gasteiger partial charge in [0.2, 0.25) is 5.91 Å². The Morgan fingerprint density at radius 3 is 1.08 bits per heavy atom. The highest BCUT2D eigenvalue weighted by Gasteiger charge is 2.27. The van der Waals surface area contributed by atoms with Crippen LogP contribution in [-0.4, -0.2) is 103 Å². The highest BCUT2D eigenvalue weighted by Crippen LogP contribution is 2.22. The molecule has 0 bridgehead atoms. The topological polar surface area (TPSA) is 47.1 Å². The second-order valence-corrected chi connectivity index (χ2v) is 21.0. The van der Waals surface area contributed by atoms with Crippen molar-refractivity contribution in [3.8, 4) is 0 Å². The lowest BCUT2D eigenvalue weighted by Crippen LogP contribution is -2.43. The maximum Gasteiger partial charge on any atom is 0.236 e. The Morgan fingerprint density at radius 2 is 0.703 bits per heavy atom. The van der Waals surface area contributed by atoms with Crippen LogP contribution in [0.3, 0.4) is 0 Å². The molecule has 0 aromatic rings. The molecule has 380 valence electrons. The third-order valence-corrected chi connectivity index (χ3v) is 14.6. The summed E-state index contributed by atoms with van der Waals surface area (Å²) >= 11 is 0. The smallest absolute Gasteiger partial charge is 0.236 e. The van der Waals surface area contributed by atoms with Gasteiger partial charge in [-0.25, -0.2) is 0 Å².